The van der Waals surface area contributed by atoms with Crippen molar-refractivity contribution in [3.05, 3.63) is 64.6 Å². The van der Waals surface area contributed by atoms with E-state index in [1.165, 1.54) is 30.5 Å². The summed E-state index contributed by atoms with van der Waals surface area (Å²) in [6.07, 6.45) is -3.59. The van der Waals surface area contributed by atoms with E-state index in [1.54, 1.807) is 13.8 Å². The van der Waals surface area contributed by atoms with Gasteiger partial charge in [-0.3, -0.25) is 0 Å². The molecule has 3 rings (SSSR count). The number of alkyl halides is 3. The van der Waals surface area contributed by atoms with Crippen molar-refractivity contribution in [3.8, 4) is 5.88 Å². The van der Waals surface area contributed by atoms with Crippen molar-refractivity contribution in [1.29, 1.82) is 0 Å². The summed E-state index contributed by atoms with van der Waals surface area (Å²) in [4.78, 5) is 16.1. The first-order valence-electron chi connectivity index (χ1n) is 8.43. The number of nitrogens with one attached hydrogen (secondary N) is 1. The number of aliphatic carboxylic acids is 1. The molecule has 0 saturated carbocycles. The Morgan fingerprint density at radius 1 is 1.29 bits per heavy atom. The van der Waals surface area contributed by atoms with Gasteiger partial charge in [-0.15, -0.1) is 0 Å². The number of pyridine rings is 1. The molecule has 1 aliphatic heterocycles. The van der Waals surface area contributed by atoms with E-state index in [2.05, 4.69) is 10.3 Å². The number of fused-ring (bicyclic) bond motifs is 1. The maximum absolute atomic E-state index is 13.7. The Hall–Kier alpha value is -3.23. The highest BCUT2D eigenvalue weighted by Crippen LogP contribution is 2.48. The number of benzene rings is 1. The first-order chi connectivity index (χ1) is 13.1. The Morgan fingerprint density at radius 3 is 2.57 bits per heavy atom. The largest absolute Gasteiger partial charge is 0.478 e. The Balaban J connectivity index is 2.35. The molecule has 1 atom stereocenters. The number of halogens is 3. The van der Waals surface area contributed by atoms with Crippen molar-refractivity contribution < 1.29 is 27.8 Å². The van der Waals surface area contributed by atoms with Crippen LogP contribution in [0.4, 0.5) is 18.9 Å². The van der Waals surface area contributed by atoms with Crippen LogP contribution in [0.3, 0.4) is 0 Å². The number of carbonyl (C=O) groups is 1. The fraction of sp³-hybridized carbons (Fsp3) is 0.263. The molecule has 1 aromatic carbocycles. The van der Waals surface area contributed by atoms with Crippen molar-refractivity contribution in [2.45, 2.75) is 32.0 Å². The van der Waals surface area contributed by atoms with Crippen LogP contribution in [0.5, 0.6) is 5.88 Å². The fourth-order valence-electron chi connectivity index (χ4n) is 3.23. The van der Waals surface area contributed by atoms with Crippen LogP contribution in [-0.4, -0.2) is 22.2 Å². The molecule has 0 amide bonds. The standard InChI is InChI=1S/C19H18F3N3O3/c1-9(2)28-17-14-12(7-8-24-17)25-16(23)15(18(26)27)13(14)10-5-3-4-6-11(10)19(20,21)22/h3-9,13,25H,23H2,1-2H3,(H,26,27). The Morgan fingerprint density at radius 2 is 1.96 bits per heavy atom. The normalized spacial score (nSPS) is 16.6. The van der Waals surface area contributed by atoms with Crippen molar-refractivity contribution >= 4 is 11.7 Å². The lowest BCUT2D eigenvalue weighted by molar-refractivity contribution is -0.139. The number of carboxylic acid groups (broad SMARTS) is 1. The quantitative estimate of drug-likeness (QED) is 0.733. The summed E-state index contributed by atoms with van der Waals surface area (Å²) in [5.74, 6) is -2.93. The Labute approximate surface area is 158 Å². The van der Waals surface area contributed by atoms with Gasteiger partial charge >= 0.3 is 12.1 Å². The van der Waals surface area contributed by atoms with E-state index in [0.717, 1.165) is 6.07 Å². The van der Waals surface area contributed by atoms with Gasteiger partial charge in [-0.1, -0.05) is 18.2 Å². The van der Waals surface area contributed by atoms with Crippen LogP contribution in [0.1, 0.15) is 36.5 Å². The number of hydrogen-bond donors (Lipinski definition) is 3. The average molecular weight is 393 g/mol. The molecule has 1 aliphatic rings. The Kier molecular flexibility index (Phi) is 4.93. The van der Waals surface area contributed by atoms with Gasteiger partial charge in [0.05, 0.1) is 34.4 Å². The molecule has 2 heterocycles. The zero-order valence-corrected chi connectivity index (χ0v) is 15.0. The van der Waals surface area contributed by atoms with Gasteiger partial charge in [-0.05, 0) is 31.5 Å². The molecule has 0 aliphatic carbocycles. The molecule has 0 radical (unpaired) electrons. The van der Waals surface area contributed by atoms with Crippen molar-refractivity contribution in [2.24, 2.45) is 5.73 Å². The number of rotatable bonds is 4. The monoisotopic (exact) mass is 393 g/mol. The second kappa shape index (κ2) is 7.06. The summed E-state index contributed by atoms with van der Waals surface area (Å²) in [5, 5.41) is 12.5. The molecule has 2 aromatic rings. The van der Waals surface area contributed by atoms with Gasteiger partial charge in [0.25, 0.3) is 0 Å². The number of nitrogens with zero attached hydrogens (tertiary/aromatic N) is 1. The van der Waals surface area contributed by atoms with E-state index < -0.39 is 29.2 Å². The summed E-state index contributed by atoms with van der Waals surface area (Å²) >= 11 is 0. The summed E-state index contributed by atoms with van der Waals surface area (Å²) in [5.41, 5.74) is 4.84. The third kappa shape index (κ3) is 3.47. The highest BCUT2D eigenvalue weighted by molar-refractivity contribution is 5.93. The average Bonchev–Trinajstić information content (AvgIpc) is 2.59. The minimum Gasteiger partial charge on any atom is -0.478 e. The molecule has 0 bridgehead atoms. The third-order valence-electron chi connectivity index (χ3n) is 4.25. The smallest absolute Gasteiger partial charge is 0.416 e. The molecule has 1 aromatic heterocycles. The van der Waals surface area contributed by atoms with Gasteiger partial charge in [-0.2, -0.15) is 13.2 Å². The van der Waals surface area contributed by atoms with Gasteiger partial charge in [0.15, 0.2) is 0 Å². The van der Waals surface area contributed by atoms with Gasteiger partial charge in [0, 0.05) is 6.20 Å². The predicted octanol–water partition coefficient (Wildman–Crippen LogP) is 3.70. The summed E-state index contributed by atoms with van der Waals surface area (Å²) in [6.45, 7) is 3.47. The van der Waals surface area contributed by atoms with Crippen molar-refractivity contribution in [3.63, 3.8) is 0 Å². The summed E-state index contributed by atoms with van der Waals surface area (Å²) in [7, 11) is 0. The maximum atomic E-state index is 13.7. The SMILES string of the molecule is CC(C)Oc1nccc2c1C(c1ccccc1C(F)(F)F)C(C(=O)O)=C(N)N2. The molecule has 0 spiro atoms. The number of carboxylic acids is 1. The van der Waals surface area contributed by atoms with E-state index in [4.69, 9.17) is 10.5 Å². The predicted molar refractivity (Wildman–Crippen MR) is 95.8 cm³/mol. The summed E-state index contributed by atoms with van der Waals surface area (Å²) < 4.78 is 46.6. The van der Waals surface area contributed by atoms with Gasteiger partial charge in [0.2, 0.25) is 5.88 Å². The molecule has 9 heteroatoms. The van der Waals surface area contributed by atoms with E-state index in [9.17, 15) is 23.1 Å². The lowest BCUT2D eigenvalue weighted by atomic mass is 9.80. The number of hydrogen-bond acceptors (Lipinski definition) is 5. The minimum atomic E-state index is -4.68. The van der Waals surface area contributed by atoms with Gasteiger partial charge < -0.3 is 20.9 Å². The number of nitrogens with two attached hydrogens (primary N) is 1. The fourth-order valence-corrected chi connectivity index (χ4v) is 3.23. The van der Waals surface area contributed by atoms with Crippen LogP contribution < -0.4 is 15.8 Å². The van der Waals surface area contributed by atoms with Crippen LogP contribution in [0.2, 0.25) is 0 Å². The molecule has 1 unspecified atom stereocenters. The molecule has 6 nitrogen and oxygen atoms in total. The summed E-state index contributed by atoms with van der Waals surface area (Å²) in [6, 6.07) is 6.33. The topological polar surface area (TPSA) is 97.5 Å². The number of ether oxygens (including phenoxy) is 1. The van der Waals surface area contributed by atoms with Crippen LogP contribution in [0.25, 0.3) is 0 Å². The van der Waals surface area contributed by atoms with Gasteiger partial charge in [0.1, 0.15) is 5.82 Å². The lowest BCUT2D eigenvalue weighted by Gasteiger charge is -2.31. The second-order valence-electron chi connectivity index (χ2n) is 6.52. The highest BCUT2D eigenvalue weighted by Gasteiger charge is 2.42. The van der Waals surface area contributed by atoms with Crippen LogP contribution >= 0.6 is 0 Å². The van der Waals surface area contributed by atoms with E-state index in [0.29, 0.717) is 5.69 Å². The zero-order chi connectivity index (χ0) is 20.6. The molecule has 0 saturated heterocycles. The van der Waals surface area contributed by atoms with Crippen LogP contribution in [0, 0.1) is 0 Å². The number of aromatic nitrogens is 1. The maximum Gasteiger partial charge on any atom is 0.416 e. The van der Waals surface area contributed by atoms with Crippen LogP contribution in [0.15, 0.2) is 47.9 Å². The molecule has 4 N–H and O–H groups in total. The van der Waals surface area contributed by atoms with Crippen molar-refractivity contribution in [2.75, 3.05) is 5.32 Å². The molecular formula is C19H18F3N3O3. The van der Waals surface area contributed by atoms with E-state index >= 15 is 0 Å². The first-order valence-corrected chi connectivity index (χ1v) is 8.43. The molecular weight excluding hydrogens is 375 g/mol. The van der Waals surface area contributed by atoms with E-state index in [1.807, 2.05) is 0 Å². The molecule has 28 heavy (non-hydrogen) atoms. The minimum absolute atomic E-state index is 0.0493. The first kappa shape index (κ1) is 19.5. The van der Waals surface area contributed by atoms with Crippen molar-refractivity contribution in [1.82, 2.24) is 4.98 Å². The number of anilines is 1. The zero-order valence-electron chi connectivity index (χ0n) is 15.0. The Bertz CT molecular complexity index is 955. The van der Waals surface area contributed by atoms with Gasteiger partial charge in [-0.25, -0.2) is 9.78 Å². The second-order valence-corrected chi connectivity index (χ2v) is 6.52. The lowest BCUT2D eigenvalue weighted by Crippen LogP contribution is -2.30. The van der Waals surface area contributed by atoms with E-state index in [-0.39, 0.29) is 28.9 Å². The highest BCUT2D eigenvalue weighted by atomic mass is 19.4. The third-order valence-corrected chi connectivity index (χ3v) is 4.25. The molecule has 0 fully saturated rings. The molecule has 148 valence electrons. The van der Waals surface area contributed by atoms with Crippen LogP contribution in [-0.2, 0) is 11.0 Å².